The Morgan fingerprint density at radius 2 is 1.76 bits per heavy atom. The molecular weight excluding hydrogens is 332 g/mol. The van der Waals surface area contributed by atoms with Crippen molar-refractivity contribution in [2.45, 2.75) is 0 Å². The first-order valence-corrected chi connectivity index (χ1v) is 7.05. The van der Waals surface area contributed by atoms with Gasteiger partial charge in [0.15, 0.2) is 5.82 Å². The van der Waals surface area contributed by atoms with Crippen LogP contribution in [0.4, 0.5) is 16.3 Å². The highest BCUT2D eigenvalue weighted by Crippen LogP contribution is 2.23. The van der Waals surface area contributed by atoms with Gasteiger partial charge in [-0.05, 0) is 27.4 Å². The molecule has 6 heteroatoms. The molecule has 0 unspecified atom stereocenters. The molecule has 2 aromatic carbocycles. The van der Waals surface area contributed by atoms with Crippen molar-refractivity contribution in [2.24, 2.45) is 0 Å². The number of nitrogens with one attached hydrogen (secondary N) is 2. The highest BCUT2D eigenvalue weighted by Gasteiger charge is 2.06. The molecule has 0 saturated heterocycles. The molecule has 0 atom stereocenters. The molecule has 3 aromatic rings. The van der Waals surface area contributed by atoms with E-state index in [0.29, 0.717) is 10.4 Å². The van der Waals surface area contributed by atoms with Crippen molar-refractivity contribution in [2.75, 3.05) is 10.6 Å². The summed E-state index contributed by atoms with van der Waals surface area (Å²) in [6.07, 6.45) is 3.00. The third kappa shape index (κ3) is 3.17. The molecule has 1 aromatic heterocycles. The van der Waals surface area contributed by atoms with Crippen LogP contribution in [0.3, 0.4) is 0 Å². The molecule has 104 valence electrons. The third-order valence-corrected chi connectivity index (χ3v) is 3.31. The van der Waals surface area contributed by atoms with E-state index >= 15 is 0 Å². The minimum absolute atomic E-state index is 0.358. The molecule has 3 rings (SSSR count). The molecule has 0 aliphatic heterocycles. The van der Waals surface area contributed by atoms with Crippen LogP contribution in [0.25, 0.3) is 10.8 Å². The Morgan fingerprint density at radius 1 is 0.952 bits per heavy atom. The zero-order chi connectivity index (χ0) is 14.7. The van der Waals surface area contributed by atoms with Gasteiger partial charge in [-0.1, -0.05) is 36.4 Å². The predicted octanol–water partition coefficient (Wildman–Crippen LogP) is 4.04. The number of aromatic nitrogens is 2. The number of fused-ring (bicyclic) bond motifs is 1. The van der Waals surface area contributed by atoms with Gasteiger partial charge in [0.1, 0.15) is 4.60 Å². The molecule has 5 nitrogen and oxygen atoms in total. The summed E-state index contributed by atoms with van der Waals surface area (Å²) in [6.45, 7) is 0. The lowest BCUT2D eigenvalue weighted by molar-refractivity contribution is 0.262. The summed E-state index contributed by atoms with van der Waals surface area (Å²) in [4.78, 5) is 20.1. The Morgan fingerprint density at radius 3 is 2.57 bits per heavy atom. The van der Waals surface area contributed by atoms with E-state index in [0.717, 1.165) is 16.5 Å². The number of benzene rings is 2. The van der Waals surface area contributed by atoms with Crippen LogP contribution in [0.1, 0.15) is 0 Å². The number of hydrogen-bond donors (Lipinski definition) is 2. The van der Waals surface area contributed by atoms with Crippen LogP contribution >= 0.6 is 15.9 Å². The Labute approximate surface area is 129 Å². The zero-order valence-corrected chi connectivity index (χ0v) is 12.5. The first-order valence-electron chi connectivity index (χ1n) is 6.26. The second-order valence-electron chi connectivity index (χ2n) is 4.33. The van der Waals surface area contributed by atoms with Crippen LogP contribution in [0, 0.1) is 0 Å². The van der Waals surface area contributed by atoms with Crippen molar-refractivity contribution in [1.29, 1.82) is 0 Å². The van der Waals surface area contributed by atoms with Crippen molar-refractivity contribution in [3.05, 3.63) is 59.5 Å². The maximum Gasteiger partial charge on any atom is 0.324 e. The summed E-state index contributed by atoms with van der Waals surface area (Å²) in [5.41, 5.74) is 0.746. The second kappa shape index (κ2) is 5.88. The van der Waals surface area contributed by atoms with Gasteiger partial charge in [0.2, 0.25) is 0 Å². The van der Waals surface area contributed by atoms with Crippen LogP contribution in [0.5, 0.6) is 0 Å². The average molecular weight is 343 g/mol. The van der Waals surface area contributed by atoms with E-state index in [-0.39, 0.29) is 6.03 Å². The van der Waals surface area contributed by atoms with E-state index in [1.54, 1.807) is 0 Å². The van der Waals surface area contributed by atoms with E-state index in [1.165, 1.54) is 12.4 Å². The summed E-state index contributed by atoms with van der Waals surface area (Å²) in [5, 5.41) is 7.51. The molecule has 0 spiro atoms. The lowest BCUT2D eigenvalue weighted by Gasteiger charge is -2.09. The van der Waals surface area contributed by atoms with Crippen molar-refractivity contribution in [1.82, 2.24) is 9.97 Å². The molecule has 0 radical (unpaired) electrons. The minimum Gasteiger partial charge on any atom is -0.307 e. The highest BCUT2D eigenvalue weighted by molar-refractivity contribution is 9.10. The van der Waals surface area contributed by atoms with E-state index in [2.05, 4.69) is 36.5 Å². The van der Waals surface area contributed by atoms with E-state index in [1.807, 2.05) is 42.5 Å². The normalized spacial score (nSPS) is 10.3. The third-order valence-electron chi connectivity index (χ3n) is 2.90. The van der Waals surface area contributed by atoms with Gasteiger partial charge in [0.05, 0.1) is 18.1 Å². The lowest BCUT2D eigenvalue weighted by atomic mass is 10.1. The summed E-state index contributed by atoms with van der Waals surface area (Å²) in [5.74, 6) is 0.385. The van der Waals surface area contributed by atoms with Crippen LogP contribution in [0.15, 0.2) is 59.5 Å². The number of rotatable bonds is 2. The number of urea groups is 1. The monoisotopic (exact) mass is 342 g/mol. The van der Waals surface area contributed by atoms with E-state index in [9.17, 15) is 4.79 Å². The fourth-order valence-corrected chi connectivity index (χ4v) is 2.19. The van der Waals surface area contributed by atoms with Gasteiger partial charge in [0.25, 0.3) is 0 Å². The lowest BCUT2D eigenvalue weighted by Crippen LogP contribution is -2.20. The summed E-state index contributed by atoms with van der Waals surface area (Å²) >= 11 is 3.19. The Hall–Kier alpha value is -2.47. The Balaban J connectivity index is 1.79. The molecule has 21 heavy (non-hydrogen) atoms. The van der Waals surface area contributed by atoms with Gasteiger partial charge in [-0.2, -0.15) is 0 Å². The smallest absolute Gasteiger partial charge is 0.307 e. The number of carbonyl (C=O) groups excluding carboxylic acids is 1. The SMILES string of the molecule is O=C(Nc1cnc(Br)cn1)Nc1cccc2ccccc12. The van der Waals surface area contributed by atoms with Crippen molar-refractivity contribution >= 4 is 44.2 Å². The second-order valence-corrected chi connectivity index (χ2v) is 5.14. The maximum absolute atomic E-state index is 12.0. The van der Waals surface area contributed by atoms with Gasteiger partial charge in [0, 0.05) is 5.39 Å². The average Bonchev–Trinajstić information content (AvgIpc) is 2.50. The van der Waals surface area contributed by atoms with Crippen LogP contribution < -0.4 is 10.6 Å². The maximum atomic E-state index is 12.0. The summed E-state index contributed by atoms with van der Waals surface area (Å²) < 4.78 is 0.613. The molecule has 0 aliphatic carbocycles. The molecule has 0 saturated carbocycles. The quantitative estimate of drug-likeness (QED) is 0.738. The van der Waals surface area contributed by atoms with E-state index < -0.39 is 0 Å². The molecule has 0 aliphatic rings. The van der Waals surface area contributed by atoms with Crippen molar-refractivity contribution in [3.8, 4) is 0 Å². The highest BCUT2D eigenvalue weighted by atomic mass is 79.9. The number of nitrogens with zero attached hydrogens (tertiary/aromatic N) is 2. The van der Waals surface area contributed by atoms with Gasteiger partial charge in [-0.3, -0.25) is 5.32 Å². The standard InChI is InChI=1S/C15H11BrN4O/c16-13-8-18-14(9-17-13)20-15(21)19-12-7-3-5-10-4-1-2-6-11(10)12/h1-9H,(H2,18,19,20,21). The summed E-state index contributed by atoms with van der Waals surface area (Å²) in [6, 6.07) is 13.3. The fourth-order valence-electron chi connectivity index (χ4n) is 1.98. The predicted molar refractivity (Wildman–Crippen MR) is 86.3 cm³/mol. The van der Waals surface area contributed by atoms with Gasteiger partial charge in [-0.25, -0.2) is 14.8 Å². The number of anilines is 2. The van der Waals surface area contributed by atoms with Crippen LogP contribution in [0.2, 0.25) is 0 Å². The molecular formula is C15H11BrN4O. The van der Waals surface area contributed by atoms with Crippen LogP contribution in [-0.2, 0) is 0 Å². The van der Waals surface area contributed by atoms with Crippen molar-refractivity contribution < 1.29 is 4.79 Å². The number of hydrogen-bond acceptors (Lipinski definition) is 3. The molecule has 2 N–H and O–H groups in total. The Bertz CT molecular complexity index is 784. The minimum atomic E-state index is -0.358. The number of halogens is 1. The first-order chi connectivity index (χ1) is 10.2. The number of carbonyl (C=O) groups is 1. The van der Waals surface area contributed by atoms with Crippen molar-refractivity contribution in [3.63, 3.8) is 0 Å². The topological polar surface area (TPSA) is 66.9 Å². The van der Waals surface area contributed by atoms with Crippen LogP contribution in [-0.4, -0.2) is 16.0 Å². The zero-order valence-electron chi connectivity index (χ0n) is 10.9. The Kier molecular flexibility index (Phi) is 3.79. The first kappa shape index (κ1) is 13.5. The van der Waals surface area contributed by atoms with E-state index in [4.69, 9.17) is 0 Å². The molecule has 0 fully saturated rings. The van der Waals surface area contributed by atoms with Gasteiger partial charge >= 0.3 is 6.03 Å². The molecule has 2 amide bonds. The largest absolute Gasteiger partial charge is 0.324 e. The molecule has 0 bridgehead atoms. The molecule has 1 heterocycles. The van der Waals surface area contributed by atoms with Gasteiger partial charge < -0.3 is 5.32 Å². The number of amides is 2. The van der Waals surface area contributed by atoms with Gasteiger partial charge in [-0.15, -0.1) is 0 Å². The summed E-state index contributed by atoms with van der Waals surface area (Å²) in [7, 11) is 0. The fraction of sp³-hybridized carbons (Fsp3) is 0.